The molecular formula is C15H11FN2O. The van der Waals surface area contributed by atoms with Crippen LogP contribution in [-0.2, 0) is 0 Å². The Balaban J connectivity index is 2.12. The summed E-state index contributed by atoms with van der Waals surface area (Å²) >= 11 is 0. The molecule has 19 heavy (non-hydrogen) atoms. The molecule has 0 aliphatic heterocycles. The van der Waals surface area contributed by atoms with Crippen molar-refractivity contribution >= 4 is 0 Å². The van der Waals surface area contributed by atoms with Crippen molar-refractivity contribution in [3.63, 3.8) is 0 Å². The van der Waals surface area contributed by atoms with E-state index in [1.165, 1.54) is 6.07 Å². The van der Waals surface area contributed by atoms with Crippen LogP contribution < -0.4 is 0 Å². The van der Waals surface area contributed by atoms with Crippen LogP contribution in [0.1, 0.15) is 5.56 Å². The quantitative estimate of drug-likeness (QED) is 0.697. The van der Waals surface area contributed by atoms with Gasteiger partial charge in [0.25, 0.3) is 0 Å². The van der Waals surface area contributed by atoms with Crippen LogP contribution in [0.2, 0.25) is 0 Å². The van der Waals surface area contributed by atoms with Gasteiger partial charge in [-0.15, -0.1) is 0 Å². The summed E-state index contributed by atoms with van der Waals surface area (Å²) in [5, 5.41) is 4.02. The number of hydrogen-bond donors (Lipinski definition) is 0. The Morgan fingerprint density at radius 1 is 1.05 bits per heavy atom. The van der Waals surface area contributed by atoms with Gasteiger partial charge in [0.05, 0.1) is 0 Å². The van der Waals surface area contributed by atoms with Crippen LogP contribution in [0.25, 0.3) is 22.4 Å². The number of aromatic nitrogens is 2. The van der Waals surface area contributed by atoms with E-state index in [1.54, 1.807) is 37.7 Å². The predicted octanol–water partition coefficient (Wildman–Crippen LogP) is 3.85. The van der Waals surface area contributed by atoms with Crippen LogP contribution >= 0.6 is 0 Å². The van der Waals surface area contributed by atoms with E-state index in [2.05, 4.69) is 10.1 Å². The van der Waals surface area contributed by atoms with Crippen molar-refractivity contribution in [2.45, 2.75) is 6.92 Å². The molecule has 3 aromatic rings. The summed E-state index contributed by atoms with van der Waals surface area (Å²) in [4.78, 5) is 3.98. The van der Waals surface area contributed by atoms with Crippen LogP contribution in [0, 0.1) is 12.7 Å². The first-order chi connectivity index (χ1) is 9.25. The second-order valence-electron chi connectivity index (χ2n) is 4.28. The average Bonchev–Trinajstić information content (AvgIpc) is 2.92. The molecule has 0 radical (unpaired) electrons. The summed E-state index contributed by atoms with van der Waals surface area (Å²) in [5.41, 5.74) is 3.96. The van der Waals surface area contributed by atoms with Crippen molar-refractivity contribution in [2.75, 3.05) is 0 Å². The zero-order valence-electron chi connectivity index (χ0n) is 10.3. The van der Waals surface area contributed by atoms with Gasteiger partial charge >= 0.3 is 0 Å². The van der Waals surface area contributed by atoms with Gasteiger partial charge in [-0.2, -0.15) is 0 Å². The molecule has 2 heterocycles. The Bertz CT molecular complexity index is 707. The van der Waals surface area contributed by atoms with Crippen LogP contribution in [0.15, 0.2) is 53.5 Å². The summed E-state index contributed by atoms with van der Waals surface area (Å²) in [6.07, 6.45) is 5.01. The Morgan fingerprint density at radius 2 is 1.84 bits per heavy atom. The van der Waals surface area contributed by atoms with E-state index in [1.807, 2.05) is 12.1 Å². The third-order valence-electron chi connectivity index (χ3n) is 2.99. The lowest BCUT2D eigenvalue weighted by Gasteiger charge is -2.03. The van der Waals surface area contributed by atoms with Crippen molar-refractivity contribution in [2.24, 2.45) is 0 Å². The lowest BCUT2D eigenvalue weighted by molar-refractivity contribution is 0.422. The zero-order valence-corrected chi connectivity index (χ0v) is 10.3. The van der Waals surface area contributed by atoms with Gasteiger partial charge in [0.1, 0.15) is 17.8 Å². The number of nitrogens with zero attached hydrogens (tertiary/aromatic N) is 2. The second kappa shape index (κ2) is 4.65. The smallest absolute Gasteiger partial charge is 0.132 e. The lowest BCUT2D eigenvalue weighted by atomic mass is 10.0. The van der Waals surface area contributed by atoms with Crippen LogP contribution in [-0.4, -0.2) is 10.1 Å². The highest BCUT2D eigenvalue weighted by Gasteiger charge is 2.13. The number of rotatable bonds is 2. The fraction of sp³-hybridized carbons (Fsp3) is 0.0667. The topological polar surface area (TPSA) is 38.9 Å². The Labute approximate surface area is 109 Å². The monoisotopic (exact) mass is 254 g/mol. The first-order valence-electron chi connectivity index (χ1n) is 5.87. The molecule has 1 aromatic carbocycles. The summed E-state index contributed by atoms with van der Waals surface area (Å²) < 4.78 is 18.4. The van der Waals surface area contributed by atoms with Crippen molar-refractivity contribution in [3.8, 4) is 22.4 Å². The summed E-state index contributed by atoms with van der Waals surface area (Å²) in [7, 11) is 0. The largest absolute Gasteiger partial charge is 0.363 e. The molecule has 0 N–H and O–H groups in total. The molecule has 0 aliphatic carbocycles. The minimum atomic E-state index is -0.224. The third-order valence-corrected chi connectivity index (χ3v) is 2.99. The van der Waals surface area contributed by atoms with Gasteiger partial charge in [-0.1, -0.05) is 5.16 Å². The van der Waals surface area contributed by atoms with E-state index in [9.17, 15) is 4.39 Å². The van der Waals surface area contributed by atoms with Gasteiger partial charge in [0.15, 0.2) is 0 Å². The number of pyridine rings is 1. The molecule has 0 bridgehead atoms. The molecule has 3 rings (SSSR count). The zero-order chi connectivity index (χ0) is 13.2. The molecule has 0 unspecified atom stereocenters. The molecule has 94 valence electrons. The molecule has 0 saturated heterocycles. The van der Waals surface area contributed by atoms with Gasteiger partial charge in [-0.3, -0.25) is 4.98 Å². The SMILES string of the molecule is Cc1cc(-c2nocc2-c2ccncc2)ccc1F. The Hall–Kier alpha value is -2.49. The van der Waals surface area contributed by atoms with Crippen molar-refractivity contribution < 1.29 is 8.91 Å². The molecule has 4 heteroatoms. The molecule has 3 nitrogen and oxygen atoms in total. The van der Waals surface area contributed by atoms with E-state index in [0.29, 0.717) is 11.3 Å². The molecule has 0 amide bonds. The van der Waals surface area contributed by atoms with Gasteiger partial charge in [-0.05, 0) is 48.4 Å². The molecule has 0 saturated carbocycles. The molecule has 0 fully saturated rings. The number of halogens is 1. The van der Waals surface area contributed by atoms with Crippen molar-refractivity contribution in [1.82, 2.24) is 10.1 Å². The highest BCUT2D eigenvalue weighted by atomic mass is 19.1. The first kappa shape index (κ1) is 11.6. The highest BCUT2D eigenvalue weighted by molar-refractivity contribution is 5.79. The molecule has 0 aliphatic rings. The maximum Gasteiger partial charge on any atom is 0.132 e. The molecule has 2 aromatic heterocycles. The Morgan fingerprint density at radius 3 is 2.58 bits per heavy atom. The van der Waals surface area contributed by atoms with Gasteiger partial charge < -0.3 is 4.52 Å². The Kier molecular flexibility index (Phi) is 2.83. The summed E-state index contributed by atoms with van der Waals surface area (Å²) in [6, 6.07) is 8.66. The average molecular weight is 254 g/mol. The van der Waals surface area contributed by atoms with Crippen molar-refractivity contribution in [1.29, 1.82) is 0 Å². The second-order valence-corrected chi connectivity index (χ2v) is 4.28. The molecular weight excluding hydrogens is 243 g/mol. The first-order valence-corrected chi connectivity index (χ1v) is 5.87. The number of hydrogen-bond acceptors (Lipinski definition) is 3. The maximum absolute atomic E-state index is 13.3. The minimum Gasteiger partial charge on any atom is -0.363 e. The fourth-order valence-corrected chi connectivity index (χ4v) is 1.97. The van der Waals surface area contributed by atoms with E-state index in [0.717, 1.165) is 16.7 Å². The predicted molar refractivity (Wildman–Crippen MR) is 69.9 cm³/mol. The van der Waals surface area contributed by atoms with Gasteiger partial charge in [-0.25, -0.2) is 4.39 Å². The fourth-order valence-electron chi connectivity index (χ4n) is 1.97. The standard InChI is InChI=1S/C15H11FN2O/c1-10-8-12(2-3-14(10)16)15-13(9-19-18-15)11-4-6-17-7-5-11/h2-9H,1H3. The normalized spacial score (nSPS) is 10.6. The van der Waals surface area contributed by atoms with Crippen LogP contribution in [0.3, 0.4) is 0 Å². The van der Waals surface area contributed by atoms with Gasteiger partial charge in [0.2, 0.25) is 0 Å². The third kappa shape index (κ3) is 2.12. The number of benzene rings is 1. The van der Waals surface area contributed by atoms with E-state index in [-0.39, 0.29) is 5.82 Å². The van der Waals surface area contributed by atoms with E-state index < -0.39 is 0 Å². The van der Waals surface area contributed by atoms with Crippen LogP contribution in [0.5, 0.6) is 0 Å². The number of aryl methyl sites for hydroxylation is 1. The highest BCUT2D eigenvalue weighted by Crippen LogP contribution is 2.31. The minimum absolute atomic E-state index is 0.224. The summed E-state index contributed by atoms with van der Waals surface area (Å²) in [6.45, 7) is 1.73. The lowest BCUT2D eigenvalue weighted by Crippen LogP contribution is -1.87. The molecule has 0 spiro atoms. The van der Waals surface area contributed by atoms with E-state index >= 15 is 0 Å². The van der Waals surface area contributed by atoms with E-state index in [4.69, 9.17) is 4.52 Å². The summed E-state index contributed by atoms with van der Waals surface area (Å²) in [5.74, 6) is -0.224. The van der Waals surface area contributed by atoms with Gasteiger partial charge in [0, 0.05) is 23.5 Å². The van der Waals surface area contributed by atoms with Crippen molar-refractivity contribution in [3.05, 3.63) is 60.4 Å². The van der Waals surface area contributed by atoms with Crippen LogP contribution in [0.4, 0.5) is 4.39 Å². The molecule has 0 atom stereocenters. The maximum atomic E-state index is 13.3.